The Labute approximate surface area is 272 Å². The fourth-order valence-corrected chi connectivity index (χ4v) is 5.36. The molecule has 0 unspecified atom stereocenters. The van der Waals surface area contributed by atoms with Gasteiger partial charge in [-0.2, -0.15) is 10.0 Å². The number of fused-ring (bicyclic) bond motifs is 1. The first-order valence-electron chi connectivity index (χ1n) is 15.3. The molecule has 0 aromatic heterocycles. The van der Waals surface area contributed by atoms with Gasteiger partial charge in [0.2, 0.25) is 0 Å². The molecule has 2 aromatic rings. The summed E-state index contributed by atoms with van der Waals surface area (Å²) >= 11 is 0. The third-order valence-corrected chi connectivity index (χ3v) is 6.94. The van der Waals surface area contributed by atoms with E-state index in [9.17, 15) is 19.2 Å². The van der Waals surface area contributed by atoms with E-state index in [0.29, 0.717) is 0 Å². The van der Waals surface area contributed by atoms with Gasteiger partial charge in [-0.25, -0.2) is 38.0 Å². The third-order valence-electron chi connectivity index (χ3n) is 6.94. The molecule has 0 saturated carbocycles. The lowest BCUT2D eigenvalue weighted by Gasteiger charge is -2.45. The molecule has 47 heavy (non-hydrogen) atoms. The zero-order chi connectivity index (χ0) is 34.7. The SMILES string of the molecule is CC(C)OC(=O)N1C2=C[C@@H](c3ccccc3F)N(C(=O)OC(C)C)N(C(=O)OC(C)C)[C@H]2[C@H](c2ccccc2F)N1C(=O)OC(C)C. The van der Waals surface area contributed by atoms with Crippen molar-refractivity contribution in [3.63, 3.8) is 0 Å². The van der Waals surface area contributed by atoms with Gasteiger partial charge in [0.15, 0.2) is 0 Å². The van der Waals surface area contributed by atoms with Crippen molar-refractivity contribution in [2.75, 3.05) is 0 Å². The number of hydrogen-bond donors (Lipinski definition) is 0. The lowest BCUT2D eigenvalue weighted by atomic mass is 9.93. The quantitative estimate of drug-likeness (QED) is 0.298. The van der Waals surface area contributed by atoms with Crippen LogP contribution in [-0.4, -0.2) is 74.9 Å². The van der Waals surface area contributed by atoms with Crippen LogP contribution in [0.2, 0.25) is 0 Å². The van der Waals surface area contributed by atoms with Gasteiger partial charge in [0.25, 0.3) is 0 Å². The number of hydrogen-bond acceptors (Lipinski definition) is 8. The van der Waals surface area contributed by atoms with Crippen LogP contribution >= 0.6 is 0 Å². The molecule has 4 amide bonds. The van der Waals surface area contributed by atoms with Crippen LogP contribution in [-0.2, 0) is 18.9 Å². The van der Waals surface area contributed by atoms with Crippen LogP contribution in [0, 0.1) is 11.6 Å². The van der Waals surface area contributed by atoms with Crippen LogP contribution in [0.5, 0.6) is 0 Å². The van der Waals surface area contributed by atoms with E-state index in [2.05, 4.69) is 0 Å². The predicted molar refractivity (Wildman–Crippen MR) is 164 cm³/mol. The van der Waals surface area contributed by atoms with Crippen molar-refractivity contribution in [1.82, 2.24) is 20.0 Å². The molecule has 0 bridgehead atoms. The van der Waals surface area contributed by atoms with Gasteiger partial charge in [-0.3, -0.25) is 0 Å². The highest BCUT2D eigenvalue weighted by Gasteiger charge is 2.60. The number of rotatable bonds is 6. The van der Waals surface area contributed by atoms with Crippen molar-refractivity contribution < 1.29 is 46.9 Å². The van der Waals surface area contributed by atoms with Gasteiger partial charge in [-0.05, 0) is 73.6 Å². The van der Waals surface area contributed by atoms with Gasteiger partial charge in [0, 0.05) is 11.1 Å². The van der Waals surface area contributed by atoms with Crippen molar-refractivity contribution in [2.45, 2.75) is 97.9 Å². The average molecular weight is 659 g/mol. The first-order valence-corrected chi connectivity index (χ1v) is 15.3. The van der Waals surface area contributed by atoms with E-state index in [-0.39, 0.29) is 16.8 Å². The van der Waals surface area contributed by atoms with E-state index in [0.717, 1.165) is 32.2 Å². The average Bonchev–Trinajstić information content (AvgIpc) is 3.30. The molecule has 12 nitrogen and oxygen atoms in total. The summed E-state index contributed by atoms with van der Waals surface area (Å²) in [6.45, 7) is 12.7. The number of carbonyl (C=O) groups excluding carboxylic acids is 4. The number of halogens is 2. The first kappa shape index (κ1) is 35.0. The predicted octanol–water partition coefficient (Wildman–Crippen LogP) is 7.24. The zero-order valence-corrected chi connectivity index (χ0v) is 27.5. The molecule has 2 aromatic carbocycles. The summed E-state index contributed by atoms with van der Waals surface area (Å²) in [7, 11) is 0. The second-order valence-corrected chi connectivity index (χ2v) is 12.0. The van der Waals surface area contributed by atoms with Crippen molar-refractivity contribution in [3.8, 4) is 0 Å². The van der Waals surface area contributed by atoms with Gasteiger partial charge in [0.1, 0.15) is 29.8 Å². The van der Waals surface area contributed by atoms with Gasteiger partial charge < -0.3 is 18.9 Å². The molecular formula is C33H40F2N4O8. The Morgan fingerprint density at radius 3 is 1.43 bits per heavy atom. The highest BCUT2D eigenvalue weighted by molar-refractivity contribution is 5.82. The highest BCUT2D eigenvalue weighted by Crippen LogP contribution is 2.49. The largest absolute Gasteiger partial charge is 0.445 e. The first-order chi connectivity index (χ1) is 22.1. The molecule has 254 valence electrons. The molecule has 0 N–H and O–H groups in total. The van der Waals surface area contributed by atoms with Crippen molar-refractivity contribution in [1.29, 1.82) is 0 Å². The van der Waals surface area contributed by atoms with Gasteiger partial charge in [0.05, 0.1) is 30.1 Å². The smallest absolute Gasteiger partial charge is 0.433 e. The number of carbonyl (C=O) groups is 4. The molecular weight excluding hydrogens is 618 g/mol. The van der Waals surface area contributed by atoms with E-state index in [1.165, 1.54) is 42.5 Å². The molecule has 4 rings (SSSR count). The fraction of sp³-hybridized carbons (Fsp3) is 0.455. The van der Waals surface area contributed by atoms with Crippen LogP contribution in [0.1, 0.15) is 78.6 Å². The number of ether oxygens (including phenoxy) is 4. The molecule has 0 spiro atoms. The van der Waals surface area contributed by atoms with E-state index >= 15 is 8.78 Å². The summed E-state index contributed by atoms with van der Waals surface area (Å²) < 4.78 is 53.5. The lowest BCUT2D eigenvalue weighted by molar-refractivity contribution is -0.0768. The zero-order valence-electron chi connectivity index (χ0n) is 27.5. The summed E-state index contributed by atoms with van der Waals surface area (Å²) in [6, 6.07) is 6.52. The molecule has 1 saturated heterocycles. The summed E-state index contributed by atoms with van der Waals surface area (Å²) in [6.07, 6.45) is -5.77. The van der Waals surface area contributed by atoms with E-state index < -0.39 is 78.5 Å². The highest BCUT2D eigenvalue weighted by atomic mass is 19.1. The Hall–Kier alpha value is -4.88. The van der Waals surface area contributed by atoms with Gasteiger partial charge >= 0.3 is 24.4 Å². The maximum absolute atomic E-state index is 15.8. The molecule has 3 atom stereocenters. The Bertz CT molecular complexity index is 1530. The summed E-state index contributed by atoms with van der Waals surface area (Å²) in [5.41, 5.74) is -0.315. The second-order valence-electron chi connectivity index (χ2n) is 12.0. The van der Waals surface area contributed by atoms with Gasteiger partial charge in [-0.1, -0.05) is 36.4 Å². The Morgan fingerprint density at radius 1 is 0.553 bits per heavy atom. The lowest BCUT2D eigenvalue weighted by Crippen LogP contribution is -2.60. The topological polar surface area (TPSA) is 118 Å². The minimum absolute atomic E-state index is 0.0793. The molecule has 2 heterocycles. The van der Waals surface area contributed by atoms with E-state index in [1.807, 2.05) is 0 Å². The molecule has 2 aliphatic rings. The number of amides is 4. The molecule has 0 aliphatic carbocycles. The maximum Gasteiger partial charge on any atom is 0.433 e. The van der Waals surface area contributed by atoms with Crippen LogP contribution in [0.25, 0.3) is 0 Å². The Morgan fingerprint density at radius 2 is 0.957 bits per heavy atom. The second kappa shape index (κ2) is 14.3. The number of hydrazine groups is 2. The van der Waals surface area contributed by atoms with Crippen molar-refractivity contribution in [2.24, 2.45) is 0 Å². The van der Waals surface area contributed by atoms with Gasteiger partial charge in [-0.15, -0.1) is 0 Å². The van der Waals surface area contributed by atoms with Crippen LogP contribution in [0.15, 0.2) is 60.3 Å². The van der Waals surface area contributed by atoms with Crippen molar-refractivity contribution >= 4 is 24.4 Å². The minimum atomic E-state index is -1.52. The molecule has 0 radical (unpaired) electrons. The normalized spacial score (nSPS) is 19.3. The van der Waals surface area contributed by atoms with E-state index in [4.69, 9.17) is 18.9 Å². The maximum atomic E-state index is 15.8. The minimum Gasteiger partial charge on any atom is -0.445 e. The van der Waals surface area contributed by atoms with Crippen LogP contribution in [0.3, 0.4) is 0 Å². The summed E-state index contributed by atoms with van der Waals surface area (Å²) in [5.74, 6) is -1.54. The van der Waals surface area contributed by atoms with Crippen LogP contribution in [0.4, 0.5) is 28.0 Å². The Balaban J connectivity index is 2.13. The van der Waals surface area contributed by atoms with Crippen molar-refractivity contribution in [3.05, 3.63) is 83.1 Å². The summed E-state index contributed by atoms with van der Waals surface area (Å²) in [4.78, 5) is 55.9. The summed E-state index contributed by atoms with van der Waals surface area (Å²) in [5, 5.41) is 3.37. The molecule has 2 aliphatic heterocycles. The number of nitrogens with zero attached hydrogens (tertiary/aromatic N) is 4. The standard InChI is InChI=1S/C33H40F2N4O8/c1-18(2)44-30(40)36-26(22-13-9-11-15-24(22)34)17-27-29(39(36)33(43)47-21(7)8)28(23-14-10-12-16-25(23)35)38(32(42)46-20(5)6)37(27)31(41)45-19(3)4/h9-21,26,28-29H,1-8H3/t26-,28-,29+/m0/s1. The number of benzene rings is 2. The fourth-order valence-electron chi connectivity index (χ4n) is 5.36. The molecule has 14 heteroatoms. The monoisotopic (exact) mass is 658 g/mol. The molecule has 1 fully saturated rings. The van der Waals surface area contributed by atoms with Crippen LogP contribution < -0.4 is 0 Å². The van der Waals surface area contributed by atoms with E-state index in [1.54, 1.807) is 55.4 Å². The Kier molecular flexibility index (Phi) is 10.6. The third kappa shape index (κ3) is 7.26.